The Morgan fingerprint density at radius 3 is 1.60 bits per heavy atom. The van der Waals surface area contributed by atoms with Crippen LogP contribution in [0.4, 0.5) is 0 Å². The summed E-state index contributed by atoms with van der Waals surface area (Å²) >= 11 is 0. The van der Waals surface area contributed by atoms with E-state index in [-0.39, 0.29) is 0 Å². The second kappa shape index (κ2) is 11.3. The lowest BCUT2D eigenvalue weighted by Crippen LogP contribution is -2.26. The lowest BCUT2D eigenvalue weighted by atomic mass is 9.90. The van der Waals surface area contributed by atoms with Crippen LogP contribution < -0.4 is 15.9 Å². The molecule has 0 aliphatic rings. The molecule has 0 spiro atoms. The average Bonchev–Trinajstić information content (AvgIpc) is 3.09. The number of aromatic nitrogens is 1. The van der Waals surface area contributed by atoms with Crippen LogP contribution in [0.1, 0.15) is 5.56 Å². The van der Waals surface area contributed by atoms with Gasteiger partial charge in [0.05, 0.1) is 11.4 Å². The molecule has 0 unspecified atom stereocenters. The van der Waals surface area contributed by atoms with E-state index >= 15 is 4.57 Å². The van der Waals surface area contributed by atoms with Crippen LogP contribution in [0.5, 0.6) is 0 Å². The maximum Gasteiger partial charge on any atom is 0.171 e. The van der Waals surface area contributed by atoms with E-state index in [1.807, 2.05) is 91.0 Å². The summed E-state index contributed by atoms with van der Waals surface area (Å²) in [6.07, 6.45) is 0. The lowest BCUT2D eigenvalue weighted by molar-refractivity contribution is 0.592. The maximum atomic E-state index is 15.6. The van der Waals surface area contributed by atoms with E-state index in [4.69, 9.17) is 4.98 Å². The largest absolute Gasteiger partial charge is 0.309 e. The fourth-order valence-electron chi connectivity index (χ4n) is 6.09. The number of benzene rings is 6. The van der Waals surface area contributed by atoms with Gasteiger partial charge in [-0.2, -0.15) is 0 Å². The van der Waals surface area contributed by atoms with Gasteiger partial charge in [0.2, 0.25) is 0 Å². The molecule has 0 saturated carbocycles. The van der Waals surface area contributed by atoms with Gasteiger partial charge in [-0.25, -0.2) is 4.98 Å². The van der Waals surface area contributed by atoms with Crippen LogP contribution >= 0.6 is 7.14 Å². The van der Waals surface area contributed by atoms with Crippen molar-refractivity contribution in [3.63, 3.8) is 0 Å². The zero-order chi connectivity index (χ0) is 29.2. The first kappa shape index (κ1) is 26.8. The van der Waals surface area contributed by atoms with Crippen LogP contribution in [-0.2, 0) is 4.57 Å². The summed E-state index contributed by atoms with van der Waals surface area (Å²) in [5, 5.41) is 4.59. The van der Waals surface area contributed by atoms with Crippen LogP contribution in [0.2, 0.25) is 0 Å². The number of hydrogen-bond donors (Lipinski definition) is 0. The number of pyridine rings is 1. The van der Waals surface area contributed by atoms with Gasteiger partial charge in [-0.1, -0.05) is 164 Å². The molecule has 0 N–H and O–H groups in total. The fraction of sp³-hybridized carbons (Fsp3) is 0.0250. The summed E-state index contributed by atoms with van der Waals surface area (Å²) in [7, 11) is -3.27. The minimum absolute atomic E-state index is 0.788. The highest BCUT2D eigenvalue weighted by molar-refractivity contribution is 7.85. The lowest BCUT2D eigenvalue weighted by Gasteiger charge is -2.24. The number of aryl methyl sites for hydroxylation is 1. The van der Waals surface area contributed by atoms with E-state index in [0.717, 1.165) is 65.9 Å². The molecule has 7 aromatic rings. The molecule has 0 radical (unpaired) electrons. The molecule has 6 aromatic carbocycles. The van der Waals surface area contributed by atoms with E-state index in [2.05, 4.69) is 79.7 Å². The van der Waals surface area contributed by atoms with E-state index in [1.165, 1.54) is 0 Å². The maximum absolute atomic E-state index is 15.6. The molecule has 0 fully saturated rings. The van der Waals surface area contributed by atoms with Crippen molar-refractivity contribution < 1.29 is 4.57 Å². The third kappa shape index (κ3) is 4.71. The Morgan fingerprint density at radius 2 is 1.00 bits per heavy atom. The van der Waals surface area contributed by atoms with Crippen molar-refractivity contribution in [1.29, 1.82) is 0 Å². The minimum Gasteiger partial charge on any atom is -0.309 e. The molecular formula is C40H30NOP. The van der Waals surface area contributed by atoms with Gasteiger partial charge in [0.15, 0.2) is 7.14 Å². The Balaban J connectivity index is 1.61. The SMILES string of the molecule is Cc1cccc2c(-c3ccccc3)c(-c3ccccc3)nc(-c3ccccc3P(=O)(c3ccccc3)c3ccccc3)c12. The molecule has 0 aliphatic heterocycles. The van der Waals surface area contributed by atoms with Crippen LogP contribution in [-0.4, -0.2) is 4.98 Å². The molecule has 1 aromatic heterocycles. The molecule has 0 saturated heterocycles. The number of rotatable bonds is 6. The molecular weight excluding hydrogens is 541 g/mol. The molecule has 7 rings (SSSR count). The van der Waals surface area contributed by atoms with Gasteiger partial charge in [0.1, 0.15) is 0 Å². The summed E-state index contributed by atoms with van der Waals surface area (Å²) in [5.41, 5.74) is 7.01. The number of fused-ring (bicyclic) bond motifs is 1. The summed E-state index contributed by atoms with van der Waals surface area (Å²) in [6, 6.07) is 55.2. The van der Waals surface area contributed by atoms with E-state index in [9.17, 15) is 0 Å². The molecule has 1 heterocycles. The zero-order valence-electron chi connectivity index (χ0n) is 23.9. The molecule has 0 amide bonds. The first-order valence-electron chi connectivity index (χ1n) is 14.5. The highest BCUT2D eigenvalue weighted by atomic mass is 31.2. The first-order chi connectivity index (χ1) is 21.2. The van der Waals surface area contributed by atoms with E-state index < -0.39 is 7.14 Å². The Kier molecular flexibility index (Phi) is 7.07. The van der Waals surface area contributed by atoms with Gasteiger partial charge in [-0.3, -0.25) is 0 Å². The van der Waals surface area contributed by atoms with Crippen molar-refractivity contribution in [2.45, 2.75) is 6.92 Å². The monoisotopic (exact) mass is 571 g/mol. The van der Waals surface area contributed by atoms with Crippen LogP contribution in [0, 0.1) is 6.92 Å². The molecule has 0 bridgehead atoms. The second-order valence-corrected chi connectivity index (χ2v) is 13.4. The summed E-state index contributed by atoms with van der Waals surface area (Å²) in [6.45, 7) is 2.14. The molecule has 0 aliphatic carbocycles. The molecule has 206 valence electrons. The van der Waals surface area contributed by atoms with Crippen LogP contribution in [0.15, 0.2) is 164 Å². The van der Waals surface area contributed by atoms with Gasteiger partial charge in [0, 0.05) is 38.0 Å². The molecule has 0 atom stereocenters. The molecule has 43 heavy (non-hydrogen) atoms. The highest BCUT2D eigenvalue weighted by Crippen LogP contribution is 2.47. The quantitative estimate of drug-likeness (QED) is 0.186. The molecule has 3 heteroatoms. The Morgan fingerprint density at radius 1 is 0.488 bits per heavy atom. The van der Waals surface area contributed by atoms with Crippen molar-refractivity contribution >= 4 is 33.8 Å². The van der Waals surface area contributed by atoms with Gasteiger partial charge in [-0.15, -0.1) is 0 Å². The average molecular weight is 572 g/mol. The Hall–Kier alpha value is -5.04. The topological polar surface area (TPSA) is 30.0 Å². The molecule has 2 nitrogen and oxygen atoms in total. The standard InChI is InChI=1S/C40H30NOP/c1-29-17-16-27-35-37(29)40(41-39(31-20-8-3-9-21-31)38(35)30-18-6-2-7-19-30)34-26-14-15-28-36(34)43(42,32-22-10-4-11-23-32)33-24-12-5-13-25-33/h2-28H,1H3. The summed E-state index contributed by atoms with van der Waals surface area (Å²) in [5.74, 6) is 0. The van der Waals surface area contributed by atoms with Crippen molar-refractivity contribution in [2.24, 2.45) is 0 Å². The van der Waals surface area contributed by atoms with Gasteiger partial charge < -0.3 is 4.57 Å². The summed E-state index contributed by atoms with van der Waals surface area (Å²) in [4.78, 5) is 5.52. The zero-order valence-corrected chi connectivity index (χ0v) is 24.8. The van der Waals surface area contributed by atoms with Crippen molar-refractivity contribution in [1.82, 2.24) is 4.98 Å². The third-order valence-corrected chi connectivity index (χ3v) is 11.2. The van der Waals surface area contributed by atoms with Crippen molar-refractivity contribution in [3.8, 4) is 33.6 Å². The predicted octanol–water partition coefficient (Wildman–Crippen LogP) is 9.18. The minimum atomic E-state index is -3.27. The number of nitrogens with zero attached hydrogens (tertiary/aromatic N) is 1. The third-order valence-electron chi connectivity index (χ3n) is 8.09. The van der Waals surface area contributed by atoms with Crippen LogP contribution in [0.3, 0.4) is 0 Å². The summed E-state index contributed by atoms with van der Waals surface area (Å²) < 4.78 is 15.6. The normalized spacial score (nSPS) is 11.5. The Bertz CT molecular complexity index is 2050. The van der Waals surface area contributed by atoms with E-state index in [0.29, 0.717) is 0 Å². The van der Waals surface area contributed by atoms with Crippen LogP contribution in [0.25, 0.3) is 44.4 Å². The smallest absolute Gasteiger partial charge is 0.171 e. The number of hydrogen-bond acceptors (Lipinski definition) is 2. The predicted molar refractivity (Wildman–Crippen MR) is 182 cm³/mol. The first-order valence-corrected chi connectivity index (χ1v) is 16.2. The van der Waals surface area contributed by atoms with Gasteiger partial charge >= 0.3 is 0 Å². The fourth-order valence-corrected chi connectivity index (χ4v) is 8.94. The van der Waals surface area contributed by atoms with Crippen molar-refractivity contribution in [3.05, 3.63) is 169 Å². The van der Waals surface area contributed by atoms with Gasteiger partial charge in [0.25, 0.3) is 0 Å². The van der Waals surface area contributed by atoms with E-state index in [1.54, 1.807) is 0 Å². The van der Waals surface area contributed by atoms with Crippen molar-refractivity contribution in [2.75, 3.05) is 0 Å². The Labute approximate surface area is 252 Å². The highest BCUT2D eigenvalue weighted by Gasteiger charge is 2.33. The van der Waals surface area contributed by atoms with Gasteiger partial charge in [-0.05, 0) is 23.4 Å². The second-order valence-electron chi connectivity index (χ2n) is 10.7.